The molecule has 0 aromatic carbocycles. The fraction of sp³-hybridized carbons (Fsp3) is 0.692. The molecule has 0 radical (unpaired) electrons. The minimum absolute atomic E-state index is 0.0464. The SMILES string of the molecule is Cc1ccc(NCC2(CO)CCCCC2)nn1. The summed E-state index contributed by atoms with van der Waals surface area (Å²) in [5, 5.41) is 21.0. The van der Waals surface area contributed by atoms with E-state index in [9.17, 15) is 5.11 Å². The van der Waals surface area contributed by atoms with Gasteiger partial charge in [-0.25, -0.2) is 0 Å². The van der Waals surface area contributed by atoms with Gasteiger partial charge in [0.1, 0.15) is 5.82 Å². The Morgan fingerprint density at radius 2 is 2.00 bits per heavy atom. The standard InChI is InChI=1S/C13H21N3O/c1-11-5-6-12(16-15-11)14-9-13(10-17)7-3-2-4-8-13/h5-6,17H,2-4,7-10H2,1H3,(H,14,16). The van der Waals surface area contributed by atoms with Gasteiger partial charge in [0.05, 0.1) is 12.3 Å². The van der Waals surface area contributed by atoms with Crippen LogP contribution < -0.4 is 5.32 Å². The van der Waals surface area contributed by atoms with Crippen molar-refractivity contribution in [1.29, 1.82) is 0 Å². The van der Waals surface area contributed by atoms with Crippen LogP contribution in [0.1, 0.15) is 37.8 Å². The van der Waals surface area contributed by atoms with E-state index in [-0.39, 0.29) is 12.0 Å². The van der Waals surface area contributed by atoms with Gasteiger partial charge in [0.2, 0.25) is 0 Å². The summed E-state index contributed by atoms with van der Waals surface area (Å²) in [4.78, 5) is 0. The summed E-state index contributed by atoms with van der Waals surface area (Å²) < 4.78 is 0. The molecule has 0 bridgehead atoms. The number of anilines is 1. The average Bonchev–Trinajstić information content (AvgIpc) is 2.39. The van der Waals surface area contributed by atoms with Gasteiger partial charge in [0, 0.05) is 12.0 Å². The zero-order valence-corrected chi connectivity index (χ0v) is 10.4. The summed E-state index contributed by atoms with van der Waals surface area (Å²) in [6, 6.07) is 3.89. The second-order valence-electron chi connectivity index (χ2n) is 5.13. The number of rotatable bonds is 4. The number of nitrogens with one attached hydrogen (secondary N) is 1. The molecule has 1 fully saturated rings. The van der Waals surface area contributed by atoms with Crippen molar-refractivity contribution in [2.45, 2.75) is 39.0 Å². The van der Waals surface area contributed by atoms with Gasteiger partial charge in [-0.2, -0.15) is 5.10 Å². The van der Waals surface area contributed by atoms with Crippen molar-refractivity contribution in [2.24, 2.45) is 5.41 Å². The molecule has 4 nitrogen and oxygen atoms in total. The lowest BCUT2D eigenvalue weighted by molar-refractivity contribution is 0.0943. The van der Waals surface area contributed by atoms with E-state index >= 15 is 0 Å². The summed E-state index contributed by atoms with van der Waals surface area (Å²) >= 11 is 0. The lowest BCUT2D eigenvalue weighted by atomic mass is 9.74. The number of nitrogens with zero attached hydrogens (tertiary/aromatic N) is 2. The van der Waals surface area contributed by atoms with Crippen LogP contribution in [0.5, 0.6) is 0 Å². The fourth-order valence-corrected chi connectivity index (χ4v) is 2.46. The Morgan fingerprint density at radius 1 is 1.24 bits per heavy atom. The van der Waals surface area contributed by atoms with Crippen molar-refractivity contribution in [3.8, 4) is 0 Å². The lowest BCUT2D eigenvalue weighted by Gasteiger charge is -2.35. The third kappa shape index (κ3) is 3.16. The second kappa shape index (κ2) is 5.45. The first-order valence-corrected chi connectivity index (χ1v) is 6.39. The molecular weight excluding hydrogens is 214 g/mol. The predicted octanol–water partition coefficient (Wildman–Crippen LogP) is 2.14. The Morgan fingerprint density at radius 3 is 2.59 bits per heavy atom. The molecule has 0 amide bonds. The highest BCUT2D eigenvalue weighted by atomic mass is 16.3. The molecule has 0 atom stereocenters. The summed E-state index contributed by atoms with van der Waals surface area (Å²) in [6.07, 6.45) is 5.96. The van der Waals surface area contributed by atoms with Gasteiger partial charge in [-0.1, -0.05) is 19.3 Å². The molecule has 1 aromatic rings. The molecule has 1 aliphatic rings. The van der Waals surface area contributed by atoms with Gasteiger partial charge in [0.15, 0.2) is 0 Å². The molecule has 0 spiro atoms. The maximum atomic E-state index is 9.59. The normalized spacial score (nSPS) is 18.9. The smallest absolute Gasteiger partial charge is 0.148 e. The number of aromatic nitrogens is 2. The number of aliphatic hydroxyl groups excluding tert-OH is 1. The summed E-state index contributed by atoms with van der Waals surface area (Å²) in [5.74, 6) is 0.800. The average molecular weight is 235 g/mol. The second-order valence-corrected chi connectivity index (χ2v) is 5.13. The van der Waals surface area contributed by atoms with Gasteiger partial charge in [-0.15, -0.1) is 5.10 Å². The minimum Gasteiger partial charge on any atom is -0.396 e. The number of aryl methyl sites for hydroxylation is 1. The van der Waals surface area contributed by atoms with E-state index in [1.807, 2.05) is 19.1 Å². The largest absolute Gasteiger partial charge is 0.396 e. The van der Waals surface area contributed by atoms with Crippen LogP contribution in [0.25, 0.3) is 0 Å². The molecule has 1 saturated carbocycles. The first-order valence-electron chi connectivity index (χ1n) is 6.39. The van der Waals surface area contributed by atoms with Crippen LogP contribution in [0.15, 0.2) is 12.1 Å². The van der Waals surface area contributed by atoms with Crippen LogP contribution >= 0.6 is 0 Å². The van der Waals surface area contributed by atoms with Crippen LogP contribution in [-0.4, -0.2) is 28.5 Å². The van der Waals surface area contributed by atoms with Gasteiger partial charge >= 0.3 is 0 Å². The zero-order valence-electron chi connectivity index (χ0n) is 10.4. The van der Waals surface area contributed by atoms with E-state index in [0.29, 0.717) is 0 Å². The van der Waals surface area contributed by atoms with Crippen molar-refractivity contribution < 1.29 is 5.11 Å². The quantitative estimate of drug-likeness (QED) is 0.839. The van der Waals surface area contributed by atoms with Crippen LogP contribution in [0.3, 0.4) is 0 Å². The van der Waals surface area contributed by atoms with Crippen molar-refractivity contribution in [3.63, 3.8) is 0 Å². The molecule has 94 valence electrons. The third-order valence-corrected chi connectivity index (χ3v) is 3.69. The minimum atomic E-state index is 0.0464. The monoisotopic (exact) mass is 235 g/mol. The summed E-state index contributed by atoms with van der Waals surface area (Å²) in [6.45, 7) is 2.98. The van der Waals surface area contributed by atoms with E-state index in [0.717, 1.165) is 30.9 Å². The fourth-order valence-electron chi connectivity index (χ4n) is 2.46. The first-order chi connectivity index (χ1) is 8.24. The maximum Gasteiger partial charge on any atom is 0.148 e. The van der Waals surface area contributed by atoms with Gasteiger partial charge in [0.25, 0.3) is 0 Å². The Balaban J connectivity index is 1.93. The highest BCUT2D eigenvalue weighted by Crippen LogP contribution is 2.35. The number of hydrogen-bond acceptors (Lipinski definition) is 4. The molecule has 1 aliphatic carbocycles. The molecule has 17 heavy (non-hydrogen) atoms. The van der Waals surface area contributed by atoms with Crippen molar-refractivity contribution in [2.75, 3.05) is 18.5 Å². The summed E-state index contributed by atoms with van der Waals surface area (Å²) in [5.41, 5.74) is 0.968. The first kappa shape index (κ1) is 12.3. The topological polar surface area (TPSA) is 58.0 Å². The van der Waals surface area contributed by atoms with E-state index in [1.54, 1.807) is 0 Å². The predicted molar refractivity (Wildman–Crippen MR) is 67.9 cm³/mol. The molecule has 1 aromatic heterocycles. The molecule has 0 saturated heterocycles. The van der Waals surface area contributed by atoms with Gasteiger partial charge in [-0.3, -0.25) is 0 Å². The Kier molecular flexibility index (Phi) is 3.94. The van der Waals surface area contributed by atoms with Gasteiger partial charge in [-0.05, 0) is 31.9 Å². The van der Waals surface area contributed by atoms with Gasteiger partial charge < -0.3 is 10.4 Å². The Bertz CT molecular complexity index is 344. The van der Waals surface area contributed by atoms with E-state index in [4.69, 9.17) is 0 Å². The zero-order chi connectivity index (χ0) is 12.1. The molecule has 1 heterocycles. The molecule has 0 unspecified atom stereocenters. The highest BCUT2D eigenvalue weighted by molar-refractivity contribution is 5.33. The summed E-state index contributed by atoms with van der Waals surface area (Å²) in [7, 11) is 0. The highest BCUT2D eigenvalue weighted by Gasteiger charge is 2.31. The molecule has 2 N–H and O–H groups in total. The molecular formula is C13H21N3O. The van der Waals surface area contributed by atoms with Crippen LogP contribution in [0.4, 0.5) is 5.82 Å². The Hall–Kier alpha value is -1.16. The third-order valence-electron chi connectivity index (χ3n) is 3.69. The van der Waals surface area contributed by atoms with Crippen molar-refractivity contribution >= 4 is 5.82 Å². The molecule has 2 rings (SSSR count). The lowest BCUT2D eigenvalue weighted by Crippen LogP contribution is -2.35. The van der Waals surface area contributed by atoms with E-state index < -0.39 is 0 Å². The van der Waals surface area contributed by atoms with Crippen LogP contribution in [0, 0.1) is 12.3 Å². The van der Waals surface area contributed by atoms with Crippen molar-refractivity contribution in [3.05, 3.63) is 17.8 Å². The number of hydrogen-bond donors (Lipinski definition) is 2. The van der Waals surface area contributed by atoms with Crippen molar-refractivity contribution in [1.82, 2.24) is 10.2 Å². The molecule has 0 aliphatic heterocycles. The van der Waals surface area contributed by atoms with E-state index in [2.05, 4.69) is 15.5 Å². The van der Waals surface area contributed by atoms with E-state index in [1.165, 1.54) is 19.3 Å². The maximum absolute atomic E-state index is 9.59. The molecule has 4 heteroatoms. The number of aliphatic hydroxyl groups is 1. The van der Waals surface area contributed by atoms with Crippen LogP contribution in [-0.2, 0) is 0 Å². The van der Waals surface area contributed by atoms with Crippen LogP contribution in [0.2, 0.25) is 0 Å². The Labute approximate surface area is 102 Å².